The zero-order valence-corrected chi connectivity index (χ0v) is 25.3. The van der Waals surface area contributed by atoms with Gasteiger partial charge in [0, 0.05) is 24.2 Å². The molecule has 0 radical (unpaired) electrons. The summed E-state index contributed by atoms with van der Waals surface area (Å²) in [5.41, 5.74) is 6.61. The maximum absolute atomic E-state index is 13.1. The Morgan fingerprint density at radius 1 is 0.800 bits per heavy atom. The van der Waals surface area contributed by atoms with E-state index in [4.69, 9.17) is 0 Å². The Kier molecular flexibility index (Phi) is 13.3. The lowest BCUT2D eigenvalue weighted by Gasteiger charge is -2.25. The molecule has 0 aliphatic rings. The zero-order valence-electron chi connectivity index (χ0n) is 25.3. The first-order valence-electron chi connectivity index (χ1n) is 15.7. The van der Waals surface area contributed by atoms with Gasteiger partial charge in [-0.3, -0.25) is 4.79 Å². The highest BCUT2D eigenvalue weighted by atomic mass is 16.3. The van der Waals surface area contributed by atoms with Crippen molar-refractivity contribution in [2.24, 2.45) is 5.92 Å². The number of hydrogen-bond donors (Lipinski definition) is 2. The second-order valence-corrected chi connectivity index (χ2v) is 11.6. The van der Waals surface area contributed by atoms with Gasteiger partial charge in [0.2, 0.25) is 0 Å². The number of para-hydroxylation sites is 1. The largest absolute Gasteiger partial charge is 0.507 e. The van der Waals surface area contributed by atoms with Gasteiger partial charge in [-0.1, -0.05) is 102 Å². The van der Waals surface area contributed by atoms with Crippen LogP contribution < -0.4 is 5.32 Å². The van der Waals surface area contributed by atoms with Crippen LogP contribution in [0.2, 0.25) is 0 Å². The van der Waals surface area contributed by atoms with Crippen LogP contribution in [0.1, 0.15) is 113 Å². The van der Waals surface area contributed by atoms with E-state index in [1.165, 1.54) is 37.7 Å². The fourth-order valence-electron chi connectivity index (χ4n) is 5.74. The number of aromatic hydroxyl groups is 1. The molecule has 0 aliphatic carbocycles. The molecule has 2 atom stereocenters. The van der Waals surface area contributed by atoms with Crippen LogP contribution in [0.4, 0.5) is 11.4 Å². The van der Waals surface area contributed by atoms with Crippen LogP contribution in [0.3, 0.4) is 0 Å². The number of hydrogen-bond acceptors (Lipinski definition) is 3. The van der Waals surface area contributed by atoms with Crippen LogP contribution in [-0.4, -0.2) is 10.9 Å². The van der Waals surface area contributed by atoms with Crippen molar-refractivity contribution in [1.82, 2.24) is 0 Å². The number of phenolic OH excluding ortho intramolecular Hbond substituents is 1. The number of Topliss-reactive ketones (excluding diaryl/α,β-unsaturated/α-hetero) is 1. The van der Waals surface area contributed by atoms with Gasteiger partial charge in [0.05, 0.1) is 0 Å². The molecule has 0 aromatic heterocycles. The van der Waals surface area contributed by atoms with Crippen molar-refractivity contribution in [3.8, 4) is 5.75 Å². The molecule has 2 N–H and O–H groups in total. The van der Waals surface area contributed by atoms with Crippen LogP contribution >= 0.6 is 0 Å². The second kappa shape index (κ2) is 16.9. The molecule has 0 saturated carbocycles. The molecule has 2 unspecified atom stereocenters. The van der Waals surface area contributed by atoms with E-state index >= 15 is 0 Å². The van der Waals surface area contributed by atoms with Gasteiger partial charge in [0.1, 0.15) is 11.5 Å². The van der Waals surface area contributed by atoms with Gasteiger partial charge in [-0.15, -0.1) is 0 Å². The number of phenols is 1. The highest BCUT2D eigenvalue weighted by molar-refractivity contribution is 5.78. The van der Waals surface area contributed by atoms with Crippen molar-refractivity contribution in [2.75, 3.05) is 5.32 Å². The zero-order chi connectivity index (χ0) is 28.7. The number of carbonyl (C=O) groups is 1. The third-order valence-electron chi connectivity index (χ3n) is 8.27. The monoisotopic (exact) mass is 541 g/mol. The standard InChI is InChI=1S/C37H51NO2/c1-5-7-9-11-14-28(3)36(31-19-21-34(22-20-31)38-33-16-12-10-13-17-33)25-24-35(39)23-18-30-26-29(4)37(40)32(27-30)15-8-6-2/h10,12-13,16-17,19-22,26-28,36,38,40H,5-9,11,14-15,18,23-25H2,1-4H3. The first-order valence-corrected chi connectivity index (χ1v) is 15.7. The fourth-order valence-corrected chi connectivity index (χ4v) is 5.74. The van der Waals surface area contributed by atoms with Gasteiger partial charge in [0.15, 0.2) is 0 Å². The van der Waals surface area contributed by atoms with E-state index in [1.54, 1.807) is 0 Å². The van der Waals surface area contributed by atoms with E-state index in [0.717, 1.165) is 60.2 Å². The van der Waals surface area contributed by atoms with Crippen LogP contribution in [0.5, 0.6) is 5.75 Å². The summed E-state index contributed by atoms with van der Waals surface area (Å²) in [5.74, 6) is 1.68. The van der Waals surface area contributed by atoms with Crippen molar-refractivity contribution in [1.29, 1.82) is 0 Å². The molecule has 0 heterocycles. The van der Waals surface area contributed by atoms with E-state index in [2.05, 4.69) is 68.6 Å². The van der Waals surface area contributed by atoms with Crippen LogP contribution in [-0.2, 0) is 17.6 Å². The molecular weight excluding hydrogens is 490 g/mol. The molecule has 3 rings (SSSR count). The molecule has 40 heavy (non-hydrogen) atoms. The third-order valence-corrected chi connectivity index (χ3v) is 8.27. The molecule has 216 valence electrons. The quantitative estimate of drug-likeness (QED) is 0.157. The number of nitrogens with one attached hydrogen (secondary N) is 1. The minimum absolute atomic E-state index is 0.339. The molecule has 3 nitrogen and oxygen atoms in total. The summed E-state index contributed by atoms with van der Waals surface area (Å²) in [7, 11) is 0. The molecule has 0 fully saturated rings. The Labute approximate surface area is 243 Å². The number of unbranched alkanes of at least 4 members (excludes halogenated alkanes) is 4. The van der Waals surface area contributed by atoms with Gasteiger partial charge in [0.25, 0.3) is 0 Å². The number of aryl methyl sites for hydroxylation is 3. The Balaban J connectivity index is 1.62. The van der Waals surface area contributed by atoms with Gasteiger partial charge in [-0.05, 0) is 91.0 Å². The topological polar surface area (TPSA) is 49.3 Å². The highest BCUT2D eigenvalue weighted by Gasteiger charge is 2.21. The number of ketones is 1. The summed E-state index contributed by atoms with van der Waals surface area (Å²) in [4.78, 5) is 13.1. The van der Waals surface area contributed by atoms with E-state index < -0.39 is 0 Å². The van der Waals surface area contributed by atoms with Crippen LogP contribution in [0.25, 0.3) is 0 Å². The molecule has 0 bridgehead atoms. The summed E-state index contributed by atoms with van der Waals surface area (Å²) >= 11 is 0. The third kappa shape index (κ3) is 10.2. The lowest BCUT2D eigenvalue weighted by Crippen LogP contribution is -2.13. The van der Waals surface area contributed by atoms with Gasteiger partial charge >= 0.3 is 0 Å². The summed E-state index contributed by atoms with van der Waals surface area (Å²) in [5, 5.41) is 13.9. The van der Waals surface area contributed by atoms with Crippen molar-refractivity contribution < 1.29 is 9.90 Å². The van der Waals surface area contributed by atoms with Gasteiger partial charge < -0.3 is 10.4 Å². The summed E-state index contributed by atoms with van der Waals surface area (Å²) in [6.07, 6.45) is 12.2. The van der Waals surface area contributed by atoms with Crippen LogP contribution in [0, 0.1) is 12.8 Å². The number of carbonyl (C=O) groups excluding carboxylic acids is 1. The predicted molar refractivity (Wildman–Crippen MR) is 171 cm³/mol. The first-order chi connectivity index (χ1) is 19.4. The van der Waals surface area contributed by atoms with Gasteiger partial charge in [-0.25, -0.2) is 0 Å². The molecule has 3 aromatic rings. The summed E-state index contributed by atoms with van der Waals surface area (Å²) in [6.45, 7) is 8.76. The SMILES string of the molecule is CCCCCCC(C)C(CCC(=O)CCc1cc(C)c(O)c(CCCC)c1)c1ccc(Nc2ccccc2)cc1. The smallest absolute Gasteiger partial charge is 0.133 e. The van der Waals surface area contributed by atoms with E-state index in [-0.39, 0.29) is 0 Å². The molecule has 0 saturated heterocycles. The van der Waals surface area contributed by atoms with E-state index in [0.29, 0.717) is 36.2 Å². The molecule has 0 amide bonds. The number of benzene rings is 3. The number of rotatable bonds is 18. The minimum Gasteiger partial charge on any atom is -0.507 e. The average molecular weight is 542 g/mol. The minimum atomic E-state index is 0.339. The van der Waals surface area contributed by atoms with E-state index in [9.17, 15) is 9.90 Å². The second-order valence-electron chi connectivity index (χ2n) is 11.6. The first kappa shape index (κ1) is 31.5. The molecule has 0 spiro atoms. The van der Waals surface area contributed by atoms with Crippen molar-refractivity contribution in [2.45, 2.75) is 111 Å². The lowest BCUT2D eigenvalue weighted by molar-refractivity contribution is -0.119. The normalized spacial score (nSPS) is 12.7. The van der Waals surface area contributed by atoms with Crippen molar-refractivity contribution >= 4 is 17.2 Å². The highest BCUT2D eigenvalue weighted by Crippen LogP contribution is 2.34. The molecule has 3 aromatic carbocycles. The number of anilines is 2. The molecule has 3 heteroatoms. The van der Waals surface area contributed by atoms with Crippen molar-refractivity contribution in [3.05, 3.63) is 89.0 Å². The molecular formula is C37H51NO2. The Morgan fingerprint density at radius 2 is 1.50 bits per heavy atom. The maximum Gasteiger partial charge on any atom is 0.133 e. The van der Waals surface area contributed by atoms with E-state index in [1.807, 2.05) is 31.2 Å². The van der Waals surface area contributed by atoms with Crippen LogP contribution in [0.15, 0.2) is 66.7 Å². The van der Waals surface area contributed by atoms with Gasteiger partial charge in [-0.2, -0.15) is 0 Å². The molecule has 0 aliphatic heterocycles. The fraction of sp³-hybridized carbons (Fsp3) is 0.486. The summed E-state index contributed by atoms with van der Waals surface area (Å²) in [6, 6.07) is 23.3. The Bertz CT molecular complexity index is 1150. The maximum atomic E-state index is 13.1. The Hall–Kier alpha value is -3.07. The predicted octanol–water partition coefficient (Wildman–Crippen LogP) is 10.5. The summed E-state index contributed by atoms with van der Waals surface area (Å²) < 4.78 is 0. The lowest BCUT2D eigenvalue weighted by atomic mass is 9.80. The van der Waals surface area contributed by atoms with Crippen molar-refractivity contribution in [3.63, 3.8) is 0 Å². The average Bonchev–Trinajstić information content (AvgIpc) is 2.96. The Morgan fingerprint density at radius 3 is 2.20 bits per heavy atom.